The summed E-state index contributed by atoms with van der Waals surface area (Å²) in [5.41, 5.74) is 1.68. The van der Waals surface area contributed by atoms with E-state index in [1.807, 2.05) is 55.9 Å². The van der Waals surface area contributed by atoms with Gasteiger partial charge in [0.1, 0.15) is 63.7 Å². The van der Waals surface area contributed by atoms with Crippen LogP contribution in [0.3, 0.4) is 0 Å². The number of benzene rings is 14. The van der Waals surface area contributed by atoms with Gasteiger partial charge in [0.2, 0.25) is 0 Å². The molecule has 2 nitrogen and oxygen atoms in total. The number of hydrogen-bond acceptors (Lipinski definition) is 2. The molecule has 0 aliphatic rings. The Bertz CT molecular complexity index is 3260. The molecule has 0 amide bonds. The van der Waals surface area contributed by atoms with Gasteiger partial charge in [0.15, 0.2) is 0 Å². The Kier molecular flexibility index (Phi) is 37.7. The zero-order valence-corrected chi connectivity index (χ0v) is 63.8. The standard InChI is InChI=1S/4C18H15P.2C7H7O.BrH.HI.2Pd/c4*1-4-10-16(11-5-1)19(17-12-6-2-7-13-17)18-14-8-3-9-15-18;2*8-6-7-4-2-1-3-5-7;;;;/h4*1-15H;2*1-4,8H,6H2;2*1H;;/q;;;;2*-1;;;2*+2/p+2. The van der Waals surface area contributed by atoms with Crippen LogP contribution in [0.15, 0.2) is 413 Å². The van der Waals surface area contributed by atoms with Gasteiger partial charge in [-0.3, -0.25) is 0 Å². The fourth-order valence-corrected chi connectivity index (χ4v) is 20.6. The first-order valence-electron chi connectivity index (χ1n) is 31.2. The van der Waals surface area contributed by atoms with Gasteiger partial charge in [0, 0.05) is 13.2 Å². The SMILES string of the molecule is OCc1[c-]cccc1.OCc1[c-]cccc1.[Br][Pd+].[Pd+][I].c1ccc([PH+](c2ccccc2)c2ccccc2)cc1.c1ccc([PH+](c2ccccc2)c2ccccc2)cc1.c1ccc([PH+](c2ccccc2)c2ccccc2)cc1.c1ccc([PH+](c2ccccc2)c2ccccc2)cc1. The van der Waals surface area contributed by atoms with Crippen LogP contribution in [0.5, 0.6) is 0 Å². The Balaban J connectivity index is 0.000000165. The first-order valence-corrected chi connectivity index (χ1v) is 45.3. The van der Waals surface area contributed by atoms with Crippen molar-refractivity contribution >= 4 is 128 Å². The molecule has 0 radical (unpaired) electrons. The third-order valence-corrected chi connectivity index (χ3v) is 25.6. The molecular weight excluding hydrogens is 1610 g/mol. The Morgan fingerprint density at radius 3 is 0.406 bits per heavy atom. The van der Waals surface area contributed by atoms with E-state index in [2.05, 4.69) is 422 Å². The van der Waals surface area contributed by atoms with E-state index >= 15 is 0 Å². The third kappa shape index (κ3) is 26.3. The predicted molar refractivity (Wildman–Crippen MR) is 432 cm³/mol. The van der Waals surface area contributed by atoms with Gasteiger partial charge in [-0.2, -0.15) is 60.7 Å². The summed E-state index contributed by atoms with van der Waals surface area (Å²) in [6, 6.07) is 150. The monoisotopic (exact) mass is 1680 g/mol. The van der Waals surface area contributed by atoms with E-state index in [9.17, 15) is 0 Å². The molecule has 0 saturated heterocycles. The van der Waals surface area contributed by atoms with Crippen molar-refractivity contribution in [3.63, 3.8) is 0 Å². The first-order chi connectivity index (χ1) is 47.7. The molecule has 96 heavy (non-hydrogen) atoms. The number of hydrogen-bond donors (Lipinski definition) is 2. The summed E-state index contributed by atoms with van der Waals surface area (Å²) < 4.78 is 0. The maximum absolute atomic E-state index is 8.51. The van der Waals surface area contributed by atoms with Crippen molar-refractivity contribution in [1.82, 2.24) is 0 Å². The Morgan fingerprint density at radius 2 is 0.323 bits per heavy atom. The van der Waals surface area contributed by atoms with Gasteiger partial charge in [-0.05, 0) is 146 Å². The van der Waals surface area contributed by atoms with Gasteiger partial charge >= 0.3 is 65.7 Å². The molecule has 2 N–H and O–H groups in total. The van der Waals surface area contributed by atoms with Crippen LogP contribution in [-0.2, 0) is 46.0 Å². The molecule has 14 aromatic rings. The van der Waals surface area contributed by atoms with Crippen molar-refractivity contribution in [2.45, 2.75) is 13.2 Å². The van der Waals surface area contributed by atoms with Crippen LogP contribution in [0.2, 0.25) is 0 Å². The van der Waals surface area contributed by atoms with Crippen molar-refractivity contribution in [3.05, 3.63) is 436 Å². The zero-order chi connectivity index (χ0) is 67.3. The summed E-state index contributed by atoms with van der Waals surface area (Å²) in [6.45, 7) is 0.168. The van der Waals surface area contributed by atoms with Crippen molar-refractivity contribution in [3.8, 4) is 0 Å². The fraction of sp³-hybridized carbons (Fsp3) is 0.0233. The Hall–Kier alpha value is -6.75. The zero-order valence-electron chi connectivity index (χ0n) is 53.0. The normalized spacial score (nSPS) is 10.0. The minimum absolute atomic E-state index is 0.0842. The predicted octanol–water partition coefficient (Wildman–Crippen LogP) is 16.4. The van der Waals surface area contributed by atoms with Gasteiger partial charge in [-0.25, -0.2) is 0 Å². The van der Waals surface area contributed by atoms with Crippen LogP contribution in [0.25, 0.3) is 0 Å². The largest absolute Gasteiger partial charge is 0.102 e. The molecule has 0 spiro atoms. The van der Waals surface area contributed by atoms with Crippen LogP contribution in [-0.4, -0.2) is 10.2 Å². The van der Waals surface area contributed by atoms with E-state index in [-0.39, 0.29) is 13.2 Å². The molecule has 0 aliphatic carbocycles. The molecule has 14 aromatic carbocycles. The average molecular weight is 1690 g/mol. The molecule has 0 bridgehead atoms. The maximum atomic E-state index is 8.51. The van der Waals surface area contributed by atoms with Crippen molar-refractivity contribution in [2.24, 2.45) is 0 Å². The summed E-state index contributed by atoms with van der Waals surface area (Å²) in [5.74, 6) is 0. The summed E-state index contributed by atoms with van der Waals surface area (Å²) in [4.78, 5) is 0. The first kappa shape index (κ1) is 76.6. The molecule has 0 atom stereocenters. The molecule has 14 rings (SSSR count). The van der Waals surface area contributed by atoms with Gasteiger partial charge in [0.25, 0.3) is 0 Å². The minimum Gasteiger partial charge on any atom is -0.0620 e. The van der Waals surface area contributed by atoms with Crippen LogP contribution >= 0.6 is 64.6 Å². The van der Waals surface area contributed by atoms with Crippen LogP contribution < -0.4 is 63.7 Å². The smallest absolute Gasteiger partial charge is 0.0620 e. The summed E-state index contributed by atoms with van der Waals surface area (Å²) >= 11 is 10.1. The van der Waals surface area contributed by atoms with Crippen molar-refractivity contribution in [1.29, 1.82) is 0 Å². The number of rotatable bonds is 14. The van der Waals surface area contributed by atoms with E-state index in [1.54, 1.807) is 12.1 Å². The average Bonchev–Trinajstić information content (AvgIpc) is 1.14. The molecule has 0 heterocycles. The second-order valence-corrected chi connectivity index (χ2v) is 30.9. The van der Waals surface area contributed by atoms with Crippen LogP contribution in [0.4, 0.5) is 0 Å². The van der Waals surface area contributed by atoms with Crippen LogP contribution in [0.1, 0.15) is 11.1 Å². The van der Waals surface area contributed by atoms with E-state index in [4.69, 9.17) is 10.2 Å². The molecule has 0 aliphatic heterocycles. The number of aliphatic hydroxyl groups excluding tert-OH is 2. The van der Waals surface area contributed by atoms with Gasteiger partial charge in [-0.1, -0.05) is 218 Å². The molecule has 0 unspecified atom stereocenters. The molecular formula is C86H78BrIO2P4Pd2+4. The fourth-order valence-electron chi connectivity index (χ4n) is 10.3. The van der Waals surface area contributed by atoms with E-state index < -0.39 is 31.7 Å². The van der Waals surface area contributed by atoms with Crippen molar-refractivity contribution in [2.75, 3.05) is 0 Å². The molecule has 0 saturated carbocycles. The Morgan fingerprint density at radius 1 is 0.208 bits per heavy atom. The van der Waals surface area contributed by atoms with Gasteiger partial charge < -0.3 is 10.2 Å². The molecule has 10 heteroatoms. The molecule has 484 valence electrons. The van der Waals surface area contributed by atoms with E-state index in [0.29, 0.717) is 0 Å². The summed E-state index contributed by atoms with van der Waals surface area (Å²) in [7, 11) is -3.51. The van der Waals surface area contributed by atoms with E-state index in [1.165, 1.54) is 63.7 Å². The summed E-state index contributed by atoms with van der Waals surface area (Å²) in [6.07, 6.45) is 0. The Labute approximate surface area is 614 Å². The maximum Gasteiger partial charge on any atom is 0.102 e. The third-order valence-electron chi connectivity index (χ3n) is 14.6. The van der Waals surface area contributed by atoms with Crippen LogP contribution in [0, 0.1) is 12.1 Å². The molecule has 0 aromatic heterocycles. The van der Waals surface area contributed by atoms with Gasteiger partial charge in [-0.15, -0.1) is 11.1 Å². The topological polar surface area (TPSA) is 40.5 Å². The minimum atomic E-state index is -0.877. The summed E-state index contributed by atoms with van der Waals surface area (Å²) in [5, 5.41) is 34.2. The molecule has 0 fully saturated rings. The number of aliphatic hydroxyl groups is 2. The second-order valence-electron chi connectivity index (χ2n) is 21.0. The van der Waals surface area contributed by atoms with E-state index in [0.717, 1.165) is 11.1 Å². The van der Waals surface area contributed by atoms with Crippen molar-refractivity contribution < 1.29 is 43.0 Å². The number of halogens is 2. The second kappa shape index (κ2) is 47.2. The quantitative estimate of drug-likeness (QED) is 0.0493. The van der Waals surface area contributed by atoms with Gasteiger partial charge in [0.05, 0.1) is 31.7 Å².